The number of aryl methyl sites for hydroxylation is 1. The van der Waals surface area contributed by atoms with Crippen molar-refractivity contribution in [3.05, 3.63) is 51.6 Å². The lowest BCUT2D eigenvalue weighted by Gasteiger charge is -2.10. The lowest BCUT2D eigenvalue weighted by Crippen LogP contribution is -2.15. The summed E-state index contributed by atoms with van der Waals surface area (Å²) in [6.07, 6.45) is 1.38. The molecule has 0 aliphatic heterocycles. The van der Waals surface area contributed by atoms with Gasteiger partial charge in [0.2, 0.25) is 0 Å². The van der Waals surface area contributed by atoms with Gasteiger partial charge >= 0.3 is 0 Å². The van der Waals surface area contributed by atoms with Gasteiger partial charge in [-0.15, -0.1) is 0 Å². The van der Waals surface area contributed by atoms with Gasteiger partial charge in [-0.05, 0) is 36.8 Å². The number of sulfonamides is 1. The summed E-state index contributed by atoms with van der Waals surface area (Å²) < 4.78 is 27.6. The molecule has 0 saturated carbocycles. The van der Waals surface area contributed by atoms with Crippen molar-refractivity contribution in [2.45, 2.75) is 11.8 Å². The van der Waals surface area contributed by atoms with E-state index in [0.29, 0.717) is 15.1 Å². The molecule has 0 aliphatic rings. The van der Waals surface area contributed by atoms with Crippen LogP contribution < -0.4 is 4.72 Å². The van der Waals surface area contributed by atoms with Gasteiger partial charge in [0, 0.05) is 10.7 Å². The second-order valence-corrected chi connectivity index (χ2v) is 6.88. The van der Waals surface area contributed by atoms with E-state index < -0.39 is 10.0 Å². The molecule has 0 unspecified atom stereocenters. The molecule has 0 bridgehead atoms. The van der Waals surface area contributed by atoms with E-state index in [-0.39, 0.29) is 10.7 Å². The van der Waals surface area contributed by atoms with E-state index in [1.165, 1.54) is 12.3 Å². The van der Waals surface area contributed by atoms with Gasteiger partial charge in [0.15, 0.2) is 0 Å². The minimum absolute atomic E-state index is 0.207. The second-order valence-electron chi connectivity index (χ2n) is 3.88. The van der Waals surface area contributed by atoms with Crippen molar-refractivity contribution in [2.75, 3.05) is 4.72 Å². The third kappa shape index (κ3) is 3.46. The Labute approximate surface area is 125 Å². The van der Waals surface area contributed by atoms with Crippen molar-refractivity contribution < 1.29 is 8.42 Å². The first kappa shape index (κ1) is 14.3. The van der Waals surface area contributed by atoms with Gasteiger partial charge in [0.25, 0.3) is 10.0 Å². The van der Waals surface area contributed by atoms with Crippen molar-refractivity contribution in [1.29, 1.82) is 0 Å². The van der Waals surface area contributed by atoms with Gasteiger partial charge in [0.1, 0.15) is 5.82 Å². The average Bonchev–Trinajstić information content (AvgIpc) is 2.35. The third-order valence-corrected chi connectivity index (χ3v) is 4.62. The van der Waals surface area contributed by atoms with Crippen molar-refractivity contribution in [2.24, 2.45) is 0 Å². The monoisotopic (exact) mass is 360 g/mol. The van der Waals surface area contributed by atoms with Gasteiger partial charge in [-0.3, -0.25) is 4.72 Å². The van der Waals surface area contributed by atoms with Crippen LogP contribution in [-0.2, 0) is 10.0 Å². The molecule has 1 aromatic heterocycles. The number of nitrogens with one attached hydrogen (secondary N) is 1. The summed E-state index contributed by atoms with van der Waals surface area (Å²) in [6, 6.07) is 8.14. The van der Waals surface area contributed by atoms with Crippen molar-refractivity contribution in [3.63, 3.8) is 0 Å². The smallest absolute Gasteiger partial charge is 0.263 e. The van der Waals surface area contributed by atoms with Crippen LogP contribution in [0.5, 0.6) is 0 Å². The van der Waals surface area contributed by atoms with E-state index in [1.54, 1.807) is 31.2 Å². The molecule has 0 atom stereocenters. The molecule has 0 spiro atoms. The Hall–Kier alpha value is -1.11. The Kier molecular flexibility index (Phi) is 4.13. The van der Waals surface area contributed by atoms with Crippen LogP contribution in [0.25, 0.3) is 0 Å². The highest BCUT2D eigenvalue weighted by Crippen LogP contribution is 2.22. The molecule has 0 amide bonds. The van der Waals surface area contributed by atoms with Gasteiger partial charge in [-0.1, -0.05) is 33.6 Å². The summed E-state index contributed by atoms with van der Waals surface area (Å²) in [7, 11) is -3.66. The normalized spacial score (nSPS) is 11.3. The molecule has 2 aromatic rings. The fourth-order valence-corrected chi connectivity index (χ4v) is 3.40. The Morgan fingerprint density at radius 2 is 2.00 bits per heavy atom. The summed E-state index contributed by atoms with van der Waals surface area (Å²) in [4.78, 5) is 4.11. The molecule has 0 aliphatic carbocycles. The van der Waals surface area contributed by atoms with Crippen LogP contribution in [0.1, 0.15) is 5.56 Å². The number of pyridine rings is 1. The Bertz CT molecular complexity index is 702. The van der Waals surface area contributed by atoms with Gasteiger partial charge in [-0.2, -0.15) is 0 Å². The fraction of sp³-hybridized carbons (Fsp3) is 0.0833. The minimum Gasteiger partial charge on any atom is -0.263 e. The molecule has 100 valence electrons. The number of benzene rings is 1. The molecular formula is C12H10BrClN2O2S. The first-order valence-corrected chi connectivity index (χ1v) is 7.94. The number of rotatable bonds is 3. The first-order valence-electron chi connectivity index (χ1n) is 5.29. The van der Waals surface area contributed by atoms with Crippen LogP contribution in [0.15, 0.2) is 45.9 Å². The summed E-state index contributed by atoms with van der Waals surface area (Å²) in [6.45, 7) is 1.73. The van der Waals surface area contributed by atoms with E-state index in [1.807, 2.05) is 0 Å². The highest BCUT2D eigenvalue weighted by atomic mass is 79.9. The molecule has 0 radical (unpaired) electrons. The third-order valence-electron chi connectivity index (χ3n) is 2.41. The van der Waals surface area contributed by atoms with E-state index in [9.17, 15) is 8.42 Å². The fourth-order valence-electron chi connectivity index (χ4n) is 1.49. The molecule has 1 heterocycles. The predicted octanol–water partition coefficient (Wildman–Crippen LogP) is 3.61. The molecule has 1 N–H and O–H groups in total. The van der Waals surface area contributed by atoms with Crippen LogP contribution in [-0.4, -0.2) is 13.4 Å². The van der Waals surface area contributed by atoms with Gasteiger partial charge in [-0.25, -0.2) is 13.4 Å². The topological polar surface area (TPSA) is 59.1 Å². The zero-order valence-electron chi connectivity index (χ0n) is 9.89. The molecule has 7 heteroatoms. The van der Waals surface area contributed by atoms with Crippen molar-refractivity contribution >= 4 is 43.4 Å². The van der Waals surface area contributed by atoms with E-state index >= 15 is 0 Å². The highest BCUT2D eigenvalue weighted by molar-refractivity contribution is 9.10. The summed E-state index contributed by atoms with van der Waals surface area (Å²) in [5, 5.41) is 0.446. The second kappa shape index (κ2) is 5.48. The maximum absolute atomic E-state index is 12.3. The average molecular weight is 362 g/mol. The van der Waals surface area contributed by atoms with Crippen LogP contribution in [0, 0.1) is 6.92 Å². The Morgan fingerprint density at radius 1 is 1.26 bits per heavy atom. The van der Waals surface area contributed by atoms with Crippen molar-refractivity contribution in [3.8, 4) is 0 Å². The van der Waals surface area contributed by atoms with E-state index in [4.69, 9.17) is 11.6 Å². The summed E-state index contributed by atoms with van der Waals surface area (Å²) in [5.41, 5.74) is 0.657. The first-order chi connectivity index (χ1) is 8.88. The lowest BCUT2D eigenvalue weighted by molar-refractivity contribution is 0.600. The van der Waals surface area contributed by atoms with Gasteiger partial charge < -0.3 is 0 Å². The van der Waals surface area contributed by atoms with Gasteiger partial charge in [0.05, 0.1) is 9.92 Å². The molecule has 1 aromatic carbocycles. The lowest BCUT2D eigenvalue weighted by atomic mass is 10.2. The van der Waals surface area contributed by atoms with Crippen LogP contribution >= 0.6 is 27.5 Å². The molecule has 0 saturated heterocycles. The Balaban J connectivity index is 2.37. The maximum atomic E-state index is 12.3. The quantitative estimate of drug-likeness (QED) is 0.908. The number of aromatic nitrogens is 1. The number of hydrogen-bond acceptors (Lipinski definition) is 3. The standard InChI is InChI=1S/C12H10BrClN2O2S/c1-8-2-3-9(13)6-11(8)19(17,18)16-12-5-4-10(14)7-15-12/h2-7H,1H3,(H,15,16). The summed E-state index contributed by atoms with van der Waals surface area (Å²) in [5.74, 6) is 0.226. The highest BCUT2D eigenvalue weighted by Gasteiger charge is 2.17. The molecule has 0 fully saturated rings. The van der Waals surface area contributed by atoms with Crippen molar-refractivity contribution in [1.82, 2.24) is 4.98 Å². The Morgan fingerprint density at radius 3 is 2.63 bits per heavy atom. The zero-order chi connectivity index (χ0) is 14.0. The molecular weight excluding hydrogens is 352 g/mol. The molecule has 4 nitrogen and oxygen atoms in total. The number of hydrogen-bond donors (Lipinski definition) is 1. The zero-order valence-corrected chi connectivity index (χ0v) is 13.1. The van der Waals surface area contributed by atoms with E-state index in [0.717, 1.165) is 0 Å². The SMILES string of the molecule is Cc1ccc(Br)cc1S(=O)(=O)Nc1ccc(Cl)cn1. The van der Waals surface area contributed by atoms with Crippen LogP contribution in [0.2, 0.25) is 5.02 Å². The number of nitrogens with zero attached hydrogens (tertiary/aromatic N) is 1. The molecule has 19 heavy (non-hydrogen) atoms. The predicted molar refractivity (Wildman–Crippen MR) is 78.9 cm³/mol. The van der Waals surface area contributed by atoms with Crippen LogP contribution in [0.4, 0.5) is 5.82 Å². The minimum atomic E-state index is -3.66. The summed E-state index contributed by atoms with van der Waals surface area (Å²) >= 11 is 8.96. The number of anilines is 1. The van der Waals surface area contributed by atoms with E-state index in [2.05, 4.69) is 25.6 Å². The van der Waals surface area contributed by atoms with Crippen LogP contribution in [0.3, 0.4) is 0 Å². The number of halogens is 2. The molecule has 2 rings (SSSR count). The maximum Gasteiger partial charge on any atom is 0.263 e. The largest absolute Gasteiger partial charge is 0.263 e.